The zero-order chi connectivity index (χ0) is 18.7. The molecule has 0 atom stereocenters. The van der Waals surface area contributed by atoms with Crippen molar-refractivity contribution in [1.29, 1.82) is 0 Å². The number of benzene rings is 1. The Bertz CT molecular complexity index is 712. The number of guanidine groups is 1. The smallest absolute Gasteiger partial charge is 0.191 e. The molecule has 1 fully saturated rings. The van der Waals surface area contributed by atoms with Gasteiger partial charge in [0.15, 0.2) is 5.96 Å². The third kappa shape index (κ3) is 7.30. The second kappa shape index (κ2) is 12.6. The van der Waals surface area contributed by atoms with Crippen molar-refractivity contribution in [2.75, 3.05) is 24.5 Å². The maximum atomic E-state index is 4.75. The standard InChI is InChI=1S/C22H31N5.HI/c1-2-23-22(25-17-19-10-6-5-7-11-19)26-18-20-12-13-24-21(16-20)27-14-8-3-4-9-15-27;/h5-7,10-13,16H,2-4,8-9,14-15,17-18H2,1H3,(H2,23,25,26);1H. The highest BCUT2D eigenvalue weighted by Crippen LogP contribution is 2.18. The summed E-state index contributed by atoms with van der Waals surface area (Å²) in [5.74, 6) is 1.93. The van der Waals surface area contributed by atoms with Crippen molar-refractivity contribution in [3.63, 3.8) is 0 Å². The summed E-state index contributed by atoms with van der Waals surface area (Å²) in [6.07, 6.45) is 7.10. The number of hydrogen-bond acceptors (Lipinski definition) is 3. The molecule has 1 aromatic carbocycles. The normalized spacial score (nSPS) is 14.8. The number of pyridine rings is 1. The van der Waals surface area contributed by atoms with Gasteiger partial charge in [0.2, 0.25) is 0 Å². The average Bonchev–Trinajstić information content (AvgIpc) is 3.01. The van der Waals surface area contributed by atoms with Gasteiger partial charge in [0.1, 0.15) is 5.82 Å². The first-order chi connectivity index (χ1) is 13.3. The maximum absolute atomic E-state index is 4.75. The first-order valence-electron chi connectivity index (χ1n) is 10.1. The molecule has 0 amide bonds. The lowest BCUT2D eigenvalue weighted by Crippen LogP contribution is -2.36. The molecule has 2 aromatic rings. The van der Waals surface area contributed by atoms with E-state index in [2.05, 4.69) is 63.8 Å². The van der Waals surface area contributed by atoms with Crippen LogP contribution in [0.15, 0.2) is 53.7 Å². The average molecular weight is 493 g/mol. The molecule has 5 nitrogen and oxygen atoms in total. The summed E-state index contributed by atoms with van der Waals surface area (Å²) in [4.78, 5) is 11.8. The minimum absolute atomic E-state index is 0. The van der Waals surface area contributed by atoms with Crippen LogP contribution in [0, 0.1) is 0 Å². The monoisotopic (exact) mass is 493 g/mol. The molecule has 0 bridgehead atoms. The van der Waals surface area contributed by atoms with E-state index in [4.69, 9.17) is 4.99 Å². The van der Waals surface area contributed by atoms with Gasteiger partial charge in [0.25, 0.3) is 0 Å². The Balaban J connectivity index is 0.00000280. The predicted octanol–water partition coefficient (Wildman–Crippen LogP) is 4.34. The van der Waals surface area contributed by atoms with Crippen LogP contribution in [0.4, 0.5) is 5.82 Å². The van der Waals surface area contributed by atoms with Gasteiger partial charge in [0.05, 0.1) is 6.54 Å². The fourth-order valence-electron chi connectivity index (χ4n) is 3.33. The van der Waals surface area contributed by atoms with E-state index in [1.165, 1.54) is 36.8 Å². The summed E-state index contributed by atoms with van der Waals surface area (Å²) in [7, 11) is 0. The van der Waals surface area contributed by atoms with Crippen LogP contribution >= 0.6 is 24.0 Å². The van der Waals surface area contributed by atoms with Gasteiger partial charge in [0, 0.05) is 32.4 Å². The Morgan fingerprint density at radius 2 is 1.75 bits per heavy atom. The highest BCUT2D eigenvalue weighted by atomic mass is 127. The van der Waals surface area contributed by atoms with Crippen molar-refractivity contribution >= 4 is 35.8 Å². The van der Waals surface area contributed by atoms with Crippen molar-refractivity contribution < 1.29 is 0 Å². The van der Waals surface area contributed by atoms with Gasteiger partial charge in [-0.2, -0.15) is 0 Å². The first kappa shape index (κ1) is 22.5. The van der Waals surface area contributed by atoms with Gasteiger partial charge < -0.3 is 15.5 Å². The van der Waals surface area contributed by atoms with Gasteiger partial charge in [-0.1, -0.05) is 43.2 Å². The van der Waals surface area contributed by atoms with Crippen LogP contribution in [-0.2, 0) is 13.1 Å². The zero-order valence-corrected chi connectivity index (χ0v) is 19.1. The minimum Gasteiger partial charge on any atom is -0.357 e. The largest absolute Gasteiger partial charge is 0.357 e. The van der Waals surface area contributed by atoms with E-state index >= 15 is 0 Å². The number of anilines is 1. The SMILES string of the molecule is CCNC(=NCc1ccnc(N2CCCCCC2)c1)NCc1ccccc1.I. The number of hydrogen-bond donors (Lipinski definition) is 2. The molecule has 2 N–H and O–H groups in total. The van der Waals surface area contributed by atoms with E-state index in [0.717, 1.165) is 38.0 Å². The van der Waals surface area contributed by atoms with E-state index in [-0.39, 0.29) is 24.0 Å². The molecule has 0 unspecified atom stereocenters. The van der Waals surface area contributed by atoms with Gasteiger partial charge in [-0.15, -0.1) is 24.0 Å². The maximum Gasteiger partial charge on any atom is 0.191 e. The topological polar surface area (TPSA) is 52.6 Å². The Morgan fingerprint density at radius 1 is 1.00 bits per heavy atom. The van der Waals surface area contributed by atoms with Crippen molar-refractivity contribution in [3.8, 4) is 0 Å². The summed E-state index contributed by atoms with van der Waals surface area (Å²) in [5.41, 5.74) is 2.44. The number of halogens is 1. The van der Waals surface area contributed by atoms with Gasteiger partial charge in [-0.05, 0) is 43.0 Å². The van der Waals surface area contributed by atoms with Crippen molar-refractivity contribution in [3.05, 3.63) is 59.8 Å². The Morgan fingerprint density at radius 3 is 2.46 bits per heavy atom. The van der Waals surface area contributed by atoms with Gasteiger partial charge in [-0.3, -0.25) is 0 Å². The van der Waals surface area contributed by atoms with Crippen LogP contribution in [0.5, 0.6) is 0 Å². The highest BCUT2D eigenvalue weighted by molar-refractivity contribution is 14.0. The van der Waals surface area contributed by atoms with Gasteiger partial charge in [-0.25, -0.2) is 9.98 Å². The molecule has 6 heteroatoms. The molecule has 0 saturated carbocycles. The van der Waals surface area contributed by atoms with E-state index < -0.39 is 0 Å². The minimum atomic E-state index is 0. The number of rotatable bonds is 6. The number of nitrogens with zero attached hydrogens (tertiary/aromatic N) is 3. The number of aromatic nitrogens is 1. The van der Waals surface area contributed by atoms with Crippen LogP contribution in [0.25, 0.3) is 0 Å². The van der Waals surface area contributed by atoms with E-state index in [0.29, 0.717) is 6.54 Å². The Kier molecular flexibility index (Phi) is 10.1. The molecule has 152 valence electrons. The lowest BCUT2D eigenvalue weighted by atomic mass is 10.2. The molecule has 28 heavy (non-hydrogen) atoms. The molecule has 0 radical (unpaired) electrons. The summed E-state index contributed by atoms with van der Waals surface area (Å²) in [6.45, 7) is 6.57. The molecule has 1 saturated heterocycles. The summed E-state index contributed by atoms with van der Waals surface area (Å²) < 4.78 is 0. The Hall–Kier alpha value is -1.83. The quantitative estimate of drug-likeness (QED) is 0.357. The molecule has 2 heterocycles. The number of aliphatic imine (C=N–C) groups is 1. The van der Waals surface area contributed by atoms with E-state index in [1.54, 1.807) is 0 Å². The molecule has 1 aromatic heterocycles. The fraction of sp³-hybridized carbons (Fsp3) is 0.455. The van der Waals surface area contributed by atoms with Crippen LogP contribution < -0.4 is 15.5 Å². The molecule has 1 aliphatic rings. The van der Waals surface area contributed by atoms with Gasteiger partial charge >= 0.3 is 0 Å². The second-order valence-electron chi connectivity index (χ2n) is 6.96. The lowest BCUT2D eigenvalue weighted by Gasteiger charge is -2.21. The van der Waals surface area contributed by atoms with E-state index in [1.807, 2.05) is 12.3 Å². The molecule has 3 rings (SSSR count). The second-order valence-corrected chi connectivity index (χ2v) is 6.96. The summed E-state index contributed by atoms with van der Waals surface area (Å²) in [5, 5.41) is 6.73. The summed E-state index contributed by atoms with van der Waals surface area (Å²) >= 11 is 0. The van der Waals surface area contributed by atoms with E-state index in [9.17, 15) is 0 Å². The molecule has 0 aliphatic carbocycles. The molecular weight excluding hydrogens is 461 g/mol. The molecule has 0 spiro atoms. The predicted molar refractivity (Wildman–Crippen MR) is 128 cm³/mol. The highest BCUT2D eigenvalue weighted by Gasteiger charge is 2.11. The van der Waals surface area contributed by atoms with Crippen LogP contribution in [0.2, 0.25) is 0 Å². The molecular formula is C22H32IN5. The lowest BCUT2D eigenvalue weighted by molar-refractivity contribution is 0.726. The van der Waals surface area contributed by atoms with Crippen molar-refractivity contribution in [1.82, 2.24) is 15.6 Å². The Labute approximate surface area is 186 Å². The first-order valence-corrected chi connectivity index (χ1v) is 10.1. The van der Waals surface area contributed by atoms with Crippen molar-refractivity contribution in [2.45, 2.75) is 45.7 Å². The fourth-order valence-corrected chi connectivity index (χ4v) is 3.33. The third-order valence-electron chi connectivity index (χ3n) is 4.81. The summed E-state index contributed by atoms with van der Waals surface area (Å²) in [6, 6.07) is 14.6. The van der Waals surface area contributed by atoms with Crippen LogP contribution in [-0.4, -0.2) is 30.6 Å². The zero-order valence-electron chi connectivity index (χ0n) is 16.7. The number of nitrogens with one attached hydrogen (secondary N) is 2. The molecule has 1 aliphatic heterocycles. The van der Waals surface area contributed by atoms with Crippen LogP contribution in [0.1, 0.15) is 43.7 Å². The van der Waals surface area contributed by atoms with Crippen LogP contribution in [0.3, 0.4) is 0 Å². The third-order valence-corrected chi connectivity index (χ3v) is 4.81. The van der Waals surface area contributed by atoms with Crippen molar-refractivity contribution in [2.24, 2.45) is 4.99 Å².